The minimum Gasteiger partial charge on any atom is -0.457 e. The topological polar surface area (TPSA) is 35.0 Å². The van der Waals surface area contributed by atoms with Gasteiger partial charge in [-0.2, -0.15) is 0 Å². The first-order valence-corrected chi connectivity index (χ1v) is 19.6. The zero-order chi connectivity index (χ0) is 37.5. The van der Waals surface area contributed by atoms with E-state index in [0.717, 1.165) is 68.3 Å². The van der Waals surface area contributed by atoms with Crippen molar-refractivity contribution < 1.29 is 4.74 Å². The number of para-hydroxylation sites is 1. The molecule has 0 radical (unpaired) electrons. The van der Waals surface area contributed by atoms with E-state index in [4.69, 9.17) is 14.7 Å². The van der Waals surface area contributed by atoms with Crippen molar-refractivity contribution in [2.75, 3.05) is 0 Å². The maximum absolute atomic E-state index is 6.76. The predicted octanol–water partition coefficient (Wildman–Crippen LogP) is 13.3. The molecule has 9 aromatic rings. The lowest BCUT2D eigenvalue weighted by molar-refractivity contribution is 0.436. The average molecular weight is 727 g/mol. The molecule has 0 fully saturated rings. The van der Waals surface area contributed by atoms with Crippen LogP contribution < -0.4 is 4.74 Å². The number of aromatic nitrogens is 2. The van der Waals surface area contributed by atoms with Crippen molar-refractivity contribution in [2.45, 2.75) is 11.8 Å². The van der Waals surface area contributed by atoms with Crippen molar-refractivity contribution in [3.05, 3.63) is 221 Å². The molecule has 0 N–H and O–H groups in total. The first-order valence-electron chi connectivity index (χ1n) is 19.6. The molecule has 3 aliphatic rings. The number of hydrogen-bond donors (Lipinski definition) is 0. The lowest BCUT2D eigenvalue weighted by atomic mass is 9.65. The van der Waals surface area contributed by atoms with Gasteiger partial charge in [-0.1, -0.05) is 158 Å². The molecule has 266 valence electrons. The molecule has 2 aliphatic carbocycles. The summed E-state index contributed by atoms with van der Waals surface area (Å²) < 4.78 is 6.76. The van der Waals surface area contributed by atoms with E-state index < -0.39 is 5.41 Å². The van der Waals surface area contributed by atoms with Crippen LogP contribution in [0.25, 0.3) is 73.0 Å². The molecule has 0 saturated carbocycles. The Morgan fingerprint density at radius 2 is 1.09 bits per heavy atom. The van der Waals surface area contributed by atoms with Crippen LogP contribution in [0.3, 0.4) is 0 Å². The Morgan fingerprint density at radius 1 is 0.439 bits per heavy atom. The molecule has 3 nitrogen and oxygen atoms in total. The molecule has 0 atom stereocenters. The van der Waals surface area contributed by atoms with Crippen LogP contribution in [-0.4, -0.2) is 9.97 Å². The molecule has 0 amide bonds. The van der Waals surface area contributed by atoms with Crippen LogP contribution in [0.5, 0.6) is 11.5 Å². The minimum atomic E-state index is -0.552. The normalized spacial score (nSPS) is 13.8. The molecule has 3 heteroatoms. The van der Waals surface area contributed by atoms with Gasteiger partial charge in [-0.3, -0.25) is 0 Å². The van der Waals surface area contributed by atoms with E-state index in [1.165, 1.54) is 44.2 Å². The third-order valence-corrected chi connectivity index (χ3v) is 12.1. The Kier molecular flexibility index (Phi) is 6.91. The number of hydrogen-bond acceptors (Lipinski definition) is 3. The summed E-state index contributed by atoms with van der Waals surface area (Å²) in [5, 5.41) is 2.56. The highest BCUT2D eigenvalue weighted by Gasteiger charge is 2.51. The van der Waals surface area contributed by atoms with Crippen LogP contribution in [0.15, 0.2) is 188 Å². The lowest BCUT2D eigenvalue weighted by Gasteiger charge is -2.39. The van der Waals surface area contributed by atoms with E-state index in [0.29, 0.717) is 5.82 Å². The molecule has 0 bridgehead atoms. The van der Waals surface area contributed by atoms with E-state index in [-0.39, 0.29) is 0 Å². The second-order valence-electron chi connectivity index (χ2n) is 15.2. The van der Waals surface area contributed by atoms with Crippen molar-refractivity contribution in [2.24, 2.45) is 0 Å². The van der Waals surface area contributed by atoms with Crippen LogP contribution >= 0.6 is 0 Å². The highest BCUT2D eigenvalue weighted by Crippen LogP contribution is 2.62. The van der Waals surface area contributed by atoms with Crippen molar-refractivity contribution in [3.8, 4) is 67.7 Å². The maximum atomic E-state index is 6.76. The third-order valence-electron chi connectivity index (χ3n) is 12.1. The van der Waals surface area contributed by atoms with Crippen LogP contribution in [0.1, 0.15) is 33.4 Å². The molecule has 1 spiro atoms. The van der Waals surface area contributed by atoms with E-state index in [1.807, 2.05) is 6.07 Å². The Morgan fingerprint density at radius 3 is 1.88 bits per heavy atom. The van der Waals surface area contributed by atoms with Crippen molar-refractivity contribution in [1.29, 1.82) is 0 Å². The number of allylic oxidation sites excluding steroid dienone is 1. The quantitative estimate of drug-likeness (QED) is 0.181. The third kappa shape index (κ3) is 4.73. The zero-order valence-electron chi connectivity index (χ0n) is 31.0. The first-order chi connectivity index (χ1) is 28.2. The summed E-state index contributed by atoms with van der Waals surface area (Å²) in [7, 11) is 0. The highest BCUT2D eigenvalue weighted by molar-refractivity contribution is 5.98. The standard InChI is InChI=1S/C54H34N2O/c1-2-14-34(15-3-1)48-33-49(39-30-37-18-12-16-35-17-13-19-38(31-39)52(35)37)56-53(55-48)43-23-5-4-20-40(43)36-28-29-51-47(32-36)54(46-26-10-11-27-50(46)57-51)44-24-8-6-21-41(44)42-22-7-9-25-45(42)54/h1-16,18-33H,17H2. The van der Waals surface area contributed by atoms with Crippen LogP contribution in [0.4, 0.5) is 0 Å². The average Bonchev–Trinajstić information content (AvgIpc) is 3.57. The Bertz CT molecular complexity index is 3100. The summed E-state index contributed by atoms with van der Waals surface area (Å²) in [4.78, 5) is 10.7. The van der Waals surface area contributed by atoms with Crippen molar-refractivity contribution in [3.63, 3.8) is 0 Å². The summed E-state index contributed by atoms with van der Waals surface area (Å²) in [6.45, 7) is 0. The zero-order valence-corrected chi connectivity index (χ0v) is 31.0. The van der Waals surface area contributed by atoms with Gasteiger partial charge in [0.25, 0.3) is 0 Å². The molecular weight excluding hydrogens is 693 g/mol. The Hall–Kier alpha value is -7.36. The molecule has 2 heterocycles. The molecule has 12 rings (SSSR count). The molecule has 57 heavy (non-hydrogen) atoms. The van der Waals surface area contributed by atoms with E-state index in [2.05, 4.69) is 188 Å². The first kappa shape index (κ1) is 31.9. The van der Waals surface area contributed by atoms with Crippen molar-refractivity contribution in [1.82, 2.24) is 9.97 Å². The van der Waals surface area contributed by atoms with Crippen molar-refractivity contribution >= 4 is 16.8 Å². The molecule has 8 aromatic carbocycles. The molecule has 1 aromatic heterocycles. The number of fused-ring (bicyclic) bond motifs is 9. The van der Waals surface area contributed by atoms with Gasteiger partial charge in [0.15, 0.2) is 5.82 Å². The fraction of sp³-hybridized carbons (Fsp3) is 0.0370. The maximum Gasteiger partial charge on any atom is 0.161 e. The van der Waals surface area contributed by atoms with Gasteiger partial charge >= 0.3 is 0 Å². The van der Waals surface area contributed by atoms with Crippen LogP contribution in [0.2, 0.25) is 0 Å². The predicted molar refractivity (Wildman–Crippen MR) is 231 cm³/mol. The Balaban J connectivity index is 1.08. The summed E-state index contributed by atoms with van der Waals surface area (Å²) in [5.74, 6) is 2.44. The molecule has 0 saturated heterocycles. The molecular formula is C54H34N2O. The van der Waals surface area contributed by atoms with Gasteiger partial charge in [0.1, 0.15) is 11.5 Å². The Labute approximate surface area is 331 Å². The lowest BCUT2D eigenvalue weighted by Crippen LogP contribution is -2.32. The summed E-state index contributed by atoms with van der Waals surface area (Å²) in [5.41, 5.74) is 16.4. The second kappa shape index (κ2) is 12.3. The number of benzene rings is 8. The van der Waals surface area contributed by atoms with E-state index >= 15 is 0 Å². The van der Waals surface area contributed by atoms with E-state index in [1.54, 1.807) is 0 Å². The summed E-state index contributed by atoms with van der Waals surface area (Å²) >= 11 is 0. The highest BCUT2D eigenvalue weighted by atomic mass is 16.5. The minimum absolute atomic E-state index is 0.552. The fourth-order valence-electron chi connectivity index (χ4n) is 9.73. The van der Waals surface area contributed by atoms with Gasteiger partial charge in [0.2, 0.25) is 0 Å². The van der Waals surface area contributed by atoms with Crippen LogP contribution in [0, 0.1) is 0 Å². The van der Waals surface area contributed by atoms with Gasteiger partial charge in [0, 0.05) is 27.8 Å². The van der Waals surface area contributed by atoms with Gasteiger partial charge in [0.05, 0.1) is 16.8 Å². The monoisotopic (exact) mass is 726 g/mol. The number of nitrogens with zero attached hydrogens (tertiary/aromatic N) is 2. The van der Waals surface area contributed by atoms with Gasteiger partial charge in [-0.15, -0.1) is 0 Å². The SMILES string of the molecule is C1=Cc2cc(-c3cc(-c4ccccc4)nc(-c4ccccc4-c4ccc5c(c4)C4(c6ccccc6O5)c5ccccc5-c5ccccc54)n3)cc3cccc(c23)C1. The van der Waals surface area contributed by atoms with Gasteiger partial charge in [-0.25, -0.2) is 9.97 Å². The summed E-state index contributed by atoms with van der Waals surface area (Å²) in [6.07, 6.45) is 5.46. The summed E-state index contributed by atoms with van der Waals surface area (Å²) in [6, 6.07) is 65.3. The number of ether oxygens (including phenoxy) is 1. The van der Waals surface area contributed by atoms with E-state index in [9.17, 15) is 0 Å². The molecule has 0 unspecified atom stereocenters. The molecule has 1 aliphatic heterocycles. The van der Waals surface area contributed by atoms with Gasteiger partial charge < -0.3 is 4.74 Å². The fourth-order valence-corrected chi connectivity index (χ4v) is 9.73. The van der Waals surface area contributed by atoms with Crippen LogP contribution in [-0.2, 0) is 11.8 Å². The number of rotatable bonds is 4. The smallest absolute Gasteiger partial charge is 0.161 e. The second-order valence-corrected chi connectivity index (χ2v) is 15.2. The van der Waals surface area contributed by atoms with Gasteiger partial charge in [-0.05, 0) is 98.1 Å². The largest absolute Gasteiger partial charge is 0.457 e.